The summed E-state index contributed by atoms with van der Waals surface area (Å²) in [4.78, 5) is 16.1. The molecule has 2 N–H and O–H groups in total. The molecule has 1 atom stereocenters. The van der Waals surface area contributed by atoms with Crippen molar-refractivity contribution in [2.45, 2.75) is 12.6 Å². The van der Waals surface area contributed by atoms with Crippen molar-refractivity contribution in [3.63, 3.8) is 0 Å². The Hall–Kier alpha value is -2.79. The van der Waals surface area contributed by atoms with Gasteiger partial charge in [0, 0.05) is 28.7 Å². The van der Waals surface area contributed by atoms with Crippen molar-refractivity contribution in [2.75, 3.05) is 14.2 Å². The average molecular weight is 322 g/mol. The number of pyridine rings is 1. The van der Waals surface area contributed by atoms with Crippen LogP contribution in [0, 0.1) is 0 Å². The molecular weight excluding hydrogens is 304 g/mol. The number of hydrogen-bond acceptors (Lipinski definition) is 4. The van der Waals surface area contributed by atoms with Crippen LogP contribution < -0.4 is 20.2 Å². The third-order valence-electron chi connectivity index (χ3n) is 4.55. The van der Waals surface area contributed by atoms with Crippen molar-refractivity contribution >= 4 is 10.9 Å². The van der Waals surface area contributed by atoms with E-state index in [4.69, 9.17) is 9.47 Å². The molecule has 0 aliphatic carbocycles. The Balaban J connectivity index is 1.86. The molecule has 0 bridgehead atoms. The maximum absolute atomic E-state index is 12.7. The van der Waals surface area contributed by atoms with E-state index >= 15 is 0 Å². The van der Waals surface area contributed by atoms with Gasteiger partial charge >= 0.3 is 0 Å². The van der Waals surface area contributed by atoms with Crippen LogP contribution in [0.3, 0.4) is 0 Å². The summed E-state index contributed by atoms with van der Waals surface area (Å²) in [5.41, 5.74) is 3.70. The fourth-order valence-corrected chi connectivity index (χ4v) is 3.34. The van der Waals surface area contributed by atoms with Gasteiger partial charge in [-0.15, -0.1) is 0 Å². The number of para-hydroxylation sites is 1. The molecule has 2 aromatic carbocycles. The van der Waals surface area contributed by atoms with Gasteiger partial charge in [0.05, 0.1) is 20.3 Å². The quantitative estimate of drug-likeness (QED) is 0.778. The predicted molar refractivity (Wildman–Crippen MR) is 92.8 cm³/mol. The lowest BCUT2D eigenvalue weighted by Crippen LogP contribution is -2.14. The average Bonchev–Trinajstić information content (AvgIpc) is 3.05. The first-order chi connectivity index (χ1) is 11.7. The molecule has 1 aliphatic heterocycles. The Kier molecular flexibility index (Phi) is 3.50. The van der Waals surface area contributed by atoms with Gasteiger partial charge in [-0.25, -0.2) is 0 Å². The van der Waals surface area contributed by atoms with Crippen LogP contribution in [0.1, 0.15) is 22.9 Å². The van der Waals surface area contributed by atoms with Crippen molar-refractivity contribution in [1.29, 1.82) is 0 Å². The minimum atomic E-state index is -0.0721. The zero-order valence-electron chi connectivity index (χ0n) is 13.6. The van der Waals surface area contributed by atoms with Crippen molar-refractivity contribution in [3.05, 3.63) is 69.5 Å². The van der Waals surface area contributed by atoms with Gasteiger partial charge in [0.15, 0.2) is 16.9 Å². The SMILES string of the molecule is COc1ccc(C2NCc3c2[nH]c2ccccc2c3=O)cc1OC. The number of aromatic amines is 1. The predicted octanol–water partition coefficient (Wildman–Crippen LogP) is 2.74. The lowest BCUT2D eigenvalue weighted by molar-refractivity contribution is 0.354. The van der Waals surface area contributed by atoms with Crippen LogP contribution in [-0.2, 0) is 6.54 Å². The number of nitrogens with one attached hydrogen (secondary N) is 2. The van der Waals surface area contributed by atoms with Gasteiger partial charge in [-0.05, 0) is 29.8 Å². The molecule has 122 valence electrons. The smallest absolute Gasteiger partial charge is 0.194 e. The fourth-order valence-electron chi connectivity index (χ4n) is 3.34. The van der Waals surface area contributed by atoms with Crippen LogP contribution in [-0.4, -0.2) is 19.2 Å². The molecule has 1 aromatic heterocycles. The molecule has 0 amide bonds. The third kappa shape index (κ3) is 2.17. The summed E-state index contributed by atoms with van der Waals surface area (Å²) in [6.45, 7) is 0.550. The molecule has 24 heavy (non-hydrogen) atoms. The minimum absolute atomic E-state index is 0.0721. The summed E-state index contributed by atoms with van der Waals surface area (Å²) in [7, 11) is 3.23. The van der Waals surface area contributed by atoms with E-state index in [0.29, 0.717) is 18.0 Å². The van der Waals surface area contributed by atoms with Crippen LogP contribution in [0.2, 0.25) is 0 Å². The summed E-state index contributed by atoms with van der Waals surface area (Å²) in [6.07, 6.45) is 0. The van der Waals surface area contributed by atoms with Crippen molar-refractivity contribution in [3.8, 4) is 11.5 Å². The summed E-state index contributed by atoms with van der Waals surface area (Å²) in [5.74, 6) is 1.36. The molecule has 0 radical (unpaired) electrons. The topological polar surface area (TPSA) is 63.3 Å². The van der Waals surface area contributed by atoms with Gasteiger partial charge in [-0.1, -0.05) is 18.2 Å². The maximum Gasteiger partial charge on any atom is 0.194 e. The number of rotatable bonds is 3. The summed E-state index contributed by atoms with van der Waals surface area (Å²) in [6, 6.07) is 13.3. The summed E-state index contributed by atoms with van der Waals surface area (Å²) < 4.78 is 10.7. The van der Waals surface area contributed by atoms with Gasteiger partial charge in [-0.2, -0.15) is 0 Å². The summed E-state index contributed by atoms with van der Waals surface area (Å²) >= 11 is 0. The molecule has 0 spiro atoms. The summed E-state index contributed by atoms with van der Waals surface area (Å²) in [5, 5.41) is 4.14. The first-order valence-electron chi connectivity index (χ1n) is 7.82. The lowest BCUT2D eigenvalue weighted by Gasteiger charge is -2.16. The molecule has 5 nitrogen and oxygen atoms in total. The van der Waals surface area contributed by atoms with Crippen LogP contribution in [0.25, 0.3) is 10.9 Å². The van der Waals surface area contributed by atoms with Gasteiger partial charge in [0.25, 0.3) is 0 Å². The molecule has 3 aromatic rings. The number of hydrogen-bond donors (Lipinski definition) is 2. The molecule has 0 fully saturated rings. The van der Waals surface area contributed by atoms with Gasteiger partial charge in [0.1, 0.15) is 0 Å². The first kappa shape index (κ1) is 14.8. The van der Waals surface area contributed by atoms with E-state index in [0.717, 1.165) is 27.7 Å². The van der Waals surface area contributed by atoms with Gasteiger partial charge < -0.3 is 19.8 Å². The van der Waals surface area contributed by atoms with E-state index in [1.165, 1.54) is 0 Å². The fraction of sp³-hybridized carbons (Fsp3) is 0.211. The van der Waals surface area contributed by atoms with Crippen molar-refractivity contribution in [2.24, 2.45) is 0 Å². The van der Waals surface area contributed by atoms with Crippen molar-refractivity contribution < 1.29 is 9.47 Å². The molecule has 1 unspecified atom stereocenters. The van der Waals surface area contributed by atoms with E-state index in [2.05, 4.69) is 10.3 Å². The lowest BCUT2D eigenvalue weighted by atomic mass is 10.0. The monoisotopic (exact) mass is 322 g/mol. The Morgan fingerprint density at radius 3 is 2.62 bits per heavy atom. The highest BCUT2D eigenvalue weighted by Gasteiger charge is 2.28. The van der Waals surface area contributed by atoms with Crippen LogP contribution in [0.5, 0.6) is 11.5 Å². The van der Waals surface area contributed by atoms with Gasteiger partial charge in [-0.3, -0.25) is 4.79 Å². The number of ether oxygens (including phenoxy) is 2. The number of fused-ring (bicyclic) bond motifs is 2. The molecule has 5 heteroatoms. The first-order valence-corrected chi connectivity index (χ1v) is 7.82. The highest BCUT2D eigenvalue weighted by molar-refractivity contribution is 5.79. The number of benzene rings is 2. The highest BCUT2D eigenvalue weighted by Crippen LogP contribution is 2.34. The zero-order valence-corrected chi connectivity index (χ0v) is 13.6. The largest absolute Gasteiger partial charge is 0.493 e. The molecular formula is C19H18N2O3. The van der Waals surface area contributed by atoms with E-state index in [1.807, 2.05) is 42.5 Å². The molecule has 2 heterocycles. The van der Waals surface area contributed by atoms with E-state index < -0.39 is 0 Å². The minimum Gasteiger partial charge on any atom is -0.493 e. The second kappa shape index (κ2) is 5.69. The Morgan fingerprint density at radius 2 is 1.83 bits per heavy atom. The van der Waals surface area contributed by atoms with Crippen LogP contribution in [0.4, 0.5) is 0 Å². The second-order valence-electron chi connectivity index (χ2n) is 5.82. The highest BCUT2D eigenvalue weighted by atomic mass is 16.5. The standard InChI is InChI=1S/C19H18N2O3/c1-23-15-8-7-11(9-16(15)24-2)17-18-13(10-20-17)19(22)12-5-3-4-6-14(12)21-18/h3-9,17,20H,10H2,1-2H3,(H,21,22). The van der Waals surface area contributed by atoms with Crippen LogP contribution in [0.15, 0.2) is 47.3 Å². The molecule has 1 aliphatic rings. The maximum atomic E-state index is 12.7. The number of methoxy groups -OCH3 is 2. The zero-order chi connectivity index (χ0) is 16.7. The normalized spacial score (nSPS) is 16.2. The van der Waals surface area contributed by atoms with Crippen LogP contribution >= 0.6 is 0 Å². The Morgan fingerprint density at radius 1 is 1.04 bits per heavy atom. The molecule has 0 saturated carbocycles. The second-order valence-corrected chi connectivity index (χ2v) is 5.82. The van der Waals surface area contributed by atoms with E-state index in [-0.39, 0.29) is 11.5 Å². The Bertz CT molecular complexity index is 978. The number of aromatic nitrogens is 1. The molecule has 4 rings (SSSR count). The third-order valence-corrected chi connectivity index (χ3v) is 4.55. The van der Waals surface area contributed by atoms with E-state index in [1.54, 1.807) is 14.2 Å². The van der Waals surface area contributed by atoms with Gasteiger partial charge in [0.2, 0.25) is 0 Å². The molecule has 0 saturated heterocycles. The number of H-pyrrole nitrogens is 1. The van der Waals surface area contributed by atoms with E-state index in [9.17, 15) is 4.79 Å². The Labute approximate surface area is 139 Å². The van der Waals surface area contributed by atoms with Crippen molar-refractivity contribution in [1.82, 2.24) is 10.3 Å².